The monoisotopic (exact) mass is 390 g/mol. The zero-order valence-electron chi connectivity index (χ0n) is 16.1. The molecule has 8 heteroatoms. The van der Waals surface area contributed by atoms with Crippen LogP contribution in [-0.2, 0) is 13.0 Å². The Hall–Kier alpha value is -3.36. The maximum atomic E-state index is 9.37. The van der Waals surface area contributed by atoms with E-state index in [1.807, 2.05) is 30.3 Å². The van der Waals surface area contributed by atoms with Gasteiger partial charge in [0.05, 0.1) is 54.6 Å². The van der Waals surface area contributed by atoms with Gasteiger partial charge in [-0.25, -0.2) is 9.67 Å². The van der Waals surface area contributed by atoms with Gasteiger partial charge in [-0.05, 0) is 43.7 Å². The van der Waals surface area contributed by atoms with Gasteiger partial charge < -0.3 is 15.6 Å². The zero-order chi connectivity index (χ0) is 20.2. The molecule has 0 saturated heterocycles. The predicted octanol–water partition coefficient (Wildman–Crippen LogP) is 2.27. The molecule has 0 radical (unpaired) electrons. The molecule has 4 rings (SSSR count). The van der Waals surface area contributed by atoms with Crippen molar-refractivity contribution >= 4 is 10.9 Å². The van der Waals surface area contributed by atoms with Crippen LogP contribution in [0.15, 0.2) is 48.9 Å². The first kappa shape index (κ1) is 19.0. The van der Waals surface area contributed by atoms with Crippen LogP contribution >= 0.6 is 0 Å². The van der Waals surface area contributed by atoms with Crippen molar-refractivity contribution in [3.8, 4) is 22.8 Å². The number of nitrogens with two attached hydrogens (primary N) is 1. The van der Waals surface area contributed by atoms with E-state index in [1.54, 1.807) is 24.2 Å². The zero-order valence-corrected chi connectivity index (χ0v) is 16.1. The largest absolute Gasteiger partial charge is 0.496 e. The lowest BCUT2D eigenvalue weighted by Crippen LogP contribution is -2.03. The molecule has 1 aromatic carbocycles. The van der Waals surface area contributed by atoms with Crippen LogP contribution in [0.4, 0.5) is 0 Å². The summed E-state index contributed by atoms with van der Waals surface area (Å²) in [6, 6.07) is 9.94. The Morgan fingerprint density at radius 3 is 2.79 bits per heavy atom. The number of pyridine rings is 1. The van der Waals surface area contributed by atoms with Crippen LogP contribution in [0.5, 0.6) is 5.75 Å². The Kier molecular flexibility index (Phi) is 5.46. The summed E-state index contributed by atoms with van der Waals surface area (Å²) in [5.41, 5.74) is 9.68. The molecule has 0 fully saturated rings. The second-order valence-corrected chi connectivity index (χ2v) is 6.60. The molecule has 148 valence electrons. The summed E-state index contributed by atoms with van der Waals surface area (Å²) in [5, 5.41) is 14.7. The molecule has 0 saturated carbocycles. The van der Waals surface area contributed by atoms with Crippen LogP contribution in [0.25, 0.3) is 28.0 Å². The van der Waals surface area contributed by atoms with Gasteiger partial charge in [-0.2, -0.15) is 5.10 Å². The number of fused-ring (bicyclic) bond motifs is 1. The Balaban J connectivity index is 1.84. The first-order chi connectivity index (χ1) is 14.2. The van der Waals surface area contributed by atoms with Crippen molar-refractivity contribution in [1.82, 2.24) is 24.7 Å². The molecule has 0 spiro atoms. The maximum absolute atomic E-state index is 9.37. The third kappa shape index (κ3) is 3.80. The molecule has 0 aliphatic heterocycles. The van der Waals surface area contributed by atoms with Crippen molar-refractivity contribution in [3.63, 3.8) is 0 Å². The third-order valence-corrected chi connectivity index (χ3v) is 4.66. The van der Waals surface area contributed by atoms with Gasteiger partial charge in [0.15, 0.2) is 5.82 Å². The van der Waals surface area contributed by atoms with Crippen LogP contribution in [0.1, 0.15) is 17.8 Å². The number of hydrogen-bond acceptors (Lipinski definition) is 7. The number of ether oxygens (including phenoxy) is 1. The fourth-order valence-electron chi connectivity index (χ4n) is 3.23. The van der Waals surface area contributed by atoms with Gasteiger partial charge >= 0.3 is 0 Å². The fourth-order valence-corrected chi connectivity index (χ4v) is 3.23. The lowest BCUT2D eigenvalue weighted by atomic mass is 10.1. The molecule has 0 bridgehead atoms. The molecule has 0 aliphatic rings. The second kappa shape index (κ2) is 8.34. The minimum Gasteiger partial charge on any atom is -0.496 e. The molecule has 4 aromatic rings. The molecule has 0 atom stereocenters. The summed E-state index contributed by atoms with van der Waals surface area (Å²) in [6.45, 7) is 0.451. The van der Waals surface area contributed by atoms with Crippen LogP contribution in [0.2, 0.25) is 0 Å². The molecular formula is C21H22N6O2. The van der Waals surface area contributed by atoms with Gasteiger partial charge in [0.25, 0.3) is 0 Å². The van der Waals surface area contributed by atoms with Gasteiger partial charge in [-0.15, -0.1) is 0 Å². The molecular weight excluding hydrogens is 368 g/mol. The van der Waals surface area contributed by atoms with E-state index in [1.165, 1.54) is 6.20 Å². The van der Waals surface area contributed by atoms with Gasteiger partial charge in [0.2, 0.25) is 0 Å². The van der Waals surface area contributed by atoms with E-state index in [0.717, 1.165) is 40.7 Å². The molecule has 29 heavy (non-hydrogen) atoms. The fraction of sp³-hybridized carbons (Fsp3) is 0.238. The maximum Gasteiger partial charge on any atom is 0.172 e. The first-order valence-corrected chi connectivity index (χ1v) is 9.37. The van der Waals surface area contributed by atoms with Crippen molar-refractivity contribution < 1.29 is 9.84 Å². The Bertz CT molecular complexity index is 1140. The summed E-state index contributed by atoms with van der Waals surface area (Å²) >= 11 is 0. The number of aliphatic hydroxyl groups excluding tert-OH is 1. The highest BCUT2D eigenvalue weighted by Gasteiger charge is 2.14. The number of benzene rings is 1. The number of rotatable bonds is 7. The average molecular weight is 390 g/mol. The number of aromatic nitrogens is 5. The summed E-state index contributed by atoms with van der Waals surface area (Å²) in [6.07, 6.45) is 6.60. The lowest BCUT2D eigenvalue weighted by Gasteiger charge is -2.10. The smallest absolute Gasteiger partial charge is 0.172 e. The van der Waals surface area contributed by atoms with Gasteiger partial charge in [0, 0.05) is 11.3 Å². The number of aliphatic hydroxyl groups is 1. The van der Waals surface area contributed by atoms with E-state index in [-0.39, 0.29) is 6.61 Å². The molecule has 3 aromatic heterocycles. The molecule has 3 N–H and O–H groups in total. The first-order valence-electron chi connectivity index (χ1n) is 9.37. The van der Waals surface area contributed by atoms with Crippen LogP contribution in [-0.4, -0.2) is 43.5 Å². The number of hydrogen-bond donors (Lipinski definition) is 2. The quantitative estimate of drug-likeness (QED) is 0.498. The van der Waals surface area contributed by atoms with E-state index in [2.05, 4.69) is 15.1 Å². The molecule has 0 unspecified atom stereocenters. The van der Waals surface area contributed by atoms with Crippen LogP contribution in [0, 0.1) is 0 Å². The molecule has 0 amide bonds. The minimum atomic E-state index is -0.186. The Morgan fingerprint density at radius 2 is 2.00 bits per heavy atom. The molecule has 8 nitrogen and oxygen atoms in total. The van der Waals surface area contributed by atoms with E-state index in [4.69, 9.17) is 15.5 Å². The standard InChI is InChI=1S/C21H22N6O2/c1-29-20-9-14(18-6-2-4-15(25-18)5-3-7-22)8-19-17(20)11-24-27(19)21-12-23-10-16(13-28)26-21/h2,4,6,8-12,28H,3,5,7,13,22H2,1H3. The Morgan fingerprint density at radius 1 is 1.10 bits per heavy atom. The Labute approximate surface area is 168 Å². The van der Waals surface area contributed by atoms with E-state index in [0.29, 0.717) is 23.8 Å². The average Bonchev–Trinajstić information content (AvgIpc) is 3.21. The summed E-state index contributed by atoms with van der Waals surface area (Å²) in [7, 11) is 1.63. The van der Waals surface area contributed by atoms with Crippen molar-refractivity contribution in [2.45, 2.75) is 19.4 Å². The van der Waals surface area contributed by atoms with Crippen molar-refractivity contribution in [3.05, 3.63) is 60.3 Å². The highest BCUT2D eigenvalue weighted by molar-refractivity contribution is 5.90. The highest BCUT2D eigenvalue weighted by atomic mass is 16.5. The van der Waals surface area contributed by atoms with Gasteiger partial charge in [0.1, 0.15) is 5.75 Å². The summed E-state index contributed by atoms with van der Waals surface area (Å²) in [5.74, 6) is 1.22. The van der Waals surface area contributed by atoms with E-state index in [9.17, 15) is 5.11 Å². The van der Waals surface area contributed by atoms with Crippen LogP contribution < -0.4 is 10.5 Å². The van der Waals surface area contributed by atoms with Crippen LogP contribution in [0.3, 0.4) is 0 Å². The third-order valence-electron chi connectivity index (χ3n) is 4.66. The molecule has 0 aliphatic carbocycles. The summed E-state index contributed by atoms with van der Waals surface area (Å²) in [4.78, 5) is 13.3. The number of nitrogens with zero attached hydrogens (tertiary/aromatic N) is 5. The minimum absolute atomic E-state index is 0.186. The SMILES string of the molecule is COc1cc(-c2cccc(CCCN)n2)cc2c1cnn2-c1cncc(CO)n1. The normalized spacial score (nSPS) is 11.1. The van der Waals surface area contributed by atoms with Crippen molar-refractivity contribution in [2.24, 2.45) is 5.73 Å². The highest BCUT2D eigenvalue weighted by Crippen LogP contribution is 2.32. The number of aryl methyl sites for hydroxylation is 1. The predicted molar refractivity (Wildman–Crippen MR) is 110 cm³/mol. The second-order valence-electron chi connectivity index (χ2n) is 6.60. The van der Waals surface area contributed by atoms with E-state index >= 15 is 0 Å². The van der Waals surface area contributed by atoms with Crippen molar-refractivity contribution in [1.29, 1.82) is 0 Å². The lowest BCUT2D eigenvalue weighted by molar-refractivity contribution is 0.276. The van der Waals surface area contributed by atoms with E-state index < -0.39 is 0 Å². The number of methoxy groups -OCH3 is 1. The van der Waals surface area contributed by atoms with Crippen molar-refractivity contribution in [2.75, 3.05) is 13.7 Å². The topological polar surface area (TPSA) is 112 Å². The summed E-state index contributed by atoms with van der Waals surface area (Å²) < 4.78 is 7.29. The van der Waals surface area contributed by atoms with Gasteiger partial charge in [-0.3, -0.25) is 9.97 Å². The van der Waals surface area contributed by atoms with Gasteiger partial charge in [-0.1, -0.05) is 6.07 Å². The molecule has 3 heterocycles.